The standard InChI is InChI=1S/C16H33N3/c1-4-5-14(2)17-15-6-12-19(13-7-15)16-8-10-18(3)11-9-16/h14-17H,4-13H2,1-3H3. The number of likely N-dealkylation sites (tertiary alicyclic amines) is 2. The van der Waals surface area contributed by atoms with Gasteiger partial charge in [0, 0.05) is 18.1 Å². The summed E-state index contributed by atoms with van der Waals surface area (Å²) in [6, 6.07) is 2.33. The summed E-state index contributed by atoms with van der Waals surface area (Å²) in [7, 11) is 2.25. The highest BCUT2D eigenvalue weighted by atomic mass is 15.2. The molecular weight excluding hydrogens is 234 g/mol. The first-order chi connectivity index (χ1) is 9.19. The van der Waals surface area contributed by atoms with E-state index in [1.54, 1.807) is 0 Å². The van der Waals surface area contributed by atoms with Crippen molar-refractivity contribution in [1.82, 2.24) is 15.1 Å². The quantitative estimate of drug-likeness (QED) is 0.825. The van der Waals surface area contributed by atoms with Gasteiger partial charge in [-0.05, 0) is 72.3 Å². The van der Waals surface area contributed by atoms with Crippen molar-refractivity contribution in [3.05, 3.63) is 0 Å². The van der Waals surface area contributed by atoms with Gasteiger partial charge in [-0.25, -0.2) is 0 Å². The van der Waals surface area contributed by atoms with Crippen LogP contribution in [-0.4, -0.2) is 61.2 Å². The van der Waals surface area contributed by atoms with E-state index in [1.165, 1.54) is 64.7 Å². The molecule has 0 aromatic heterocycles. The van der Waals surface area contributed by atoms with Crippen LogP contribution in [0.25, 0.3) is 0 Å². The van der Waals surface area contributed by atoms with Crippen molar-refractivity contribution >= 4 is 0 Å². The van der Waals surface area contributed by atoms with Gasteiger partial charge in [-0.15, -0.1) is 0 Å². The van der Waals surface area contributed by atoms with E-state index in [0.29, 0.717) is 6.04 Å². The number of nitrogens with one attached hydrogen (secondary N) is 1. The van der Waals surface area contributed by atoms with Crippen molar-refractivity contribution in [3.63, 3.8) is 0 Å². The van der Waals surface area contributed by atoms with Crippen molar-refractivity contribution in [2.75, 3.05) is 33.2 Å². The second-order valence-corrected chi connectivity index (χ2v) is 6.70. The third-order valence-electron chi connectivity index (χ3n) is 4.98. The first-order valence-corrected chi connectivity index (χ1v) is 8.37. The number of rotatable bonds is 5. The van der Waals surface area contributed by atoms with Gasteiger partial charge in [0.15, 0.2) is 0 Å². The van der Waals surface area contributed by atoms with Crippen LogP contribution in [0, 0.1) is 0 Å². The van der Waals surface area contributed by atoms with Crippen LogP contribution in [0.5, 0.6) is 0 Å². The lowest BCUT2D eigenvalue weighted by atomic mass is 9.97. The van der Waals surface area contributed by atoms with E-state index in [9.17, 15) is 0 Å². The maximum atomic E-state index is 3.82. The van der Waals surface area contributed by atoms with E-state index in [-0.39, 0.29) is 0 Å². The molecule has 2 heterocycles. The zero-order valence-corrected chi connectivity index (χ0v) is 13.2. The van der Waals surface area contributed by atoms with Gasteiger partial charge in [-0.1, -0.05) is 13.3 Å². The Morgan fingerprint density at radius 3 is 2.26 bits per heavy atom. The highest BCUT2D eigenvalue weighted by molar-refractivity contribution is 4.85. The number of piperidine rings is 2. The van der Waals surface area contributed by atoms with E-state index >= 15 is 0 Å². The minimum absolute atomic E-state index is 0.699. The van der Waals surface area contributed by atoms with Gasteiger partial charge in [-0.3, -0.25) is 0 Å². The molecule has 2 fully saturated rings. The lowest BCUT2D eigenvalue weighted by Gasteiger charge is -2.41. The molecule has 2 saturated heterocycles. The fraction of sp³-hybridized carbons (Fsp3) is 1.00. The smallest absolute Gasteiger partial charge is 0.0120 e. The molecule has 0 aliphatic carbocycles. The van der Waals surface area contributed by atoms with Crippen LogP contribution < -0.4 is 5.32 Å². The van der Waals surface area contributed by atoms with Gasteiger partial charge >= 0.3 is 0 Å². The molecule has 0 radical (unpaired) electrons. The molecule has 0 bridgehead atoms. The van der Waals surface area contributed by atoms with E-state index in [2.05, 4.69) is 36.0 Å². The highest BCUT2D eigenvalue weighted by Crippen LogP contribution is 2.20. The Morgan fingerprint density at radius 1 is 1.05 bits per heavy atom. The molecule has 1 N–H and O–H groups in total. The number of hydrogen-bond donors (Lipinski definition) is 1. The Labute approximate surface area is 119 Å². The van der Waals surface area contributed by atoms with Gasteiger partial charge in [0.05, 0.1) is 0 Å². The summed E-state index contributed by atoms with van der Waals surface area (Å²) in [5.74, 6) is 0. The summed E-state index contributed by atoms with van der Waals surface area (Å²) in [6.45, 7) is 9.82. The number of nitrogens with zero attached hydrogens (tertiary/aromatic N) is 2. The molecule has 0 saturated carbocycles. The van der Waals surface area contributed by atoms with E-state index in [0.717, 1.165) is 12.1 Å². The third kappa shape index (κ3) is 4.73. The van der Waals surface area contributed by atoms with E-state index in [1.807, 2.05) is 0 Å². The topological polar surface area (TPSA) is 18.5 Å². The van der Waals surface area contributed by atoms with Crippen LogP contribution in [0.4, 0.5) is 0 Å². The molecule has 0 aromatic rings. The Kier molecular flexibility index (Phi) is 6.11. The van der Waals surface area contributed by atoms with Crippen LogP contribution in [0.2, 0.25) is 0 Å². The van der Waals surface area contributed by atoms with E-state index < -0.39 is 0 Å². The van der Waals surface area contributed by atoms with Gasteiger partial charge in [0.1, 0.15) is 0 Å². The van der Waals surface area contributed by atoms with Crippen LogP contribution in [-0.2, 0) is 0 Å². The molecule has 1 unspecified atom stereocenters. The molecule has 0 aromatic carbocycles. The van der Waals surface area contributed by atoms with Crippen molar-refractivity contribution < 1.29 is 0 Å². The minimum atomic E-state index is 0.699. The Bertz CT molecular complexity index is 240. The molecular formula is C16H33N3. The van der Waals surface area contributed by atoms with Crippen molar-refractivity contribution in [1.29, 1.82) is 0 Å². The summed E-state index contributed by atoms with van der Waals surface area (Å²) >= 11 is 0. The molecule has 2 aliphatic heterocycles. The van der Waals surface area contributed by atoms with Gasteiger partial charge in [0.25, 0.3) is 0 Å². The lowest BCUT2D eigenvalue weighted by molar-refractivity contribution is 0.0905. The fourth-order valence-electron chi connectivity index (χ4n) is 3.71. The molecule has 1 atom stereocenters. The molecule has 3 nitrogen and oxygen atoms in total. The van der Waals surface area contributed by atoms with Gasteiger partial charge in [0.2, 0.25) is 0 Å². The zero-order valence-electron chi connectivity index (χ0n) is 13.2. The zero-order chi connectivity index (χ0) is 13.7. The number of hydrogen-bond acceptors (Lipinski definition) is 3. The van der Waals surface area contributed by atoms with Crippen molar-refractivity contribution in [2.24, 2.45) is 0 Å². The average Bonchev–Trinajstić information content (AvgIpc) is 2.41. The molecule has 112 valence electrons. The summed E-state index contributed by atoms with van der Waals surface area (Å²) in [6.07, 6.45) is 8.06. The Morgan fingerprint density at radius 2 is 1.68 bits per heavy atom. The maximum Gasteiger partial charge on any atom is 0.0120 e. The summed E-state index contributed by atoms with van der Waals surface area (Å²) in [5, 5.41) is 3.82. The first-order valence-electron chi connectivity index (χ1n) is 8.37. The first kappa shape index (κ1) is 15.3. The monoisotopic (exact) mass is 267 g/mol. The average molecular weight is 267 g/mol. The predicted octanol–water partition coefficient (Wildman–Crippen LogP) is 2.32. The lowest BCUT2D eigenvalue weighted by Crippen LogP contribution is -2.51. The molecule has 0 amide bonds. The van der Waals surface area contributed by atoms with Crippen molar-refractivity contribution in [3.8, 4) is 0 Å². The highest BCUT2D eigenvalue weighted by Gasteiger charge is 2.27. The van der Waals surface area contributed by atoms with E-state index in [4.69, 9.17) is 0 Å². The summed E-state index contributed by atoms with van der Waals surface area (Å²) in [5.41, 5.74) is 0. The van der Waals surface area contributed by atoms with Crippen LogP contribution in [0.3, 0.4) is 0 Å². The third-order valence-corrected chi connectivity index (χ3v) is 4.98. The molecule has 2 rings (SSSR count). The molecule has 19 heavy (non-hydrogen) atoms. The largest absolute Gasteiger partial charge is 0.311 e. The summed E-state index contributed by atoms with van der Waals surface area (Å²) < 4.78 is 0. The predicted molar refractivity (Wildman–Crippen MR) is 82.6 cm³/mol. The fourth-order valence-corrected chi connectivity index (χ4v) is 3.71. The second-order valence-electron chi connectivity index (χ2n) is 6.70. The second kappa shape index (κ2) is 7.61. The Balaban J connectivity index is 1.67. The minimum Gasteiger partial charge on any atom is -0.311 e. The van der Waals surface area contributed by atoms with Gasteiger partial charge < -0.3 is 15.1 Å². The van der Waals surface area contributed by atoms with Crippen molar-refractivity contribution in [2.45, 2.75) is 70.5 Å². The van der Waals surface area contributed by atoms with Crippen LogP contribution >= 0.6 is 0 Å². The van der Waals surface area contributed by atoms with Crippen LogP contribution in [0.15, 0.2) is 0 Å². The normalized spacial score (nSPS) is 26.7. The molecule has 3 heteroatoms. The SMILES string of the molecule is CCCC(C)NC1CCN(C2CCN(C)CC2)CC1. The molecule has 0 spiro atoms. The maximum absolute atomic E-state index is 3.82. The summed E-state index contributed by atoms with van der Waals surface area (Å²) in [4.78, 5) is 5.23. The van der Waals surface area contributed by atoms with Crippen LogP contribution in [0.1, 0.15) is 52.4 Å². The van der Waals surface area contributed by atoms with Gasteiger partial charge in [-0.2, -0.15) is 0 Å². The Hall–Kier alpha value is -0.120. The molecule has 2 aliphatic rings.